The van der Waals surface area contributed by atoms with Crippen LogP contribution in [0.1, 0.15) is 49.6 Å². The maximum Gasteiger partial charge on any atom is 0.490 e. The molecule has 0 radical (unpaired) electrons. The van der Waals surface area contributed by atoms with Gasteiger partial charge >= 0.3 is 12.1 Å². The second-order valence-electron chi connectivity index (χ2n) is 8.60. The highest BCUT2D eigenvalue weighted by atomic mass is 19.4. The van der Waals surface area contributed by atoms with Crippen molar-refractivity contribution in [1.29, 1.82) is 0 Å². The van der Waals surface area contributed by atoms with E-state index in [-0.39, 0.29) is 12.2 Å². The third-order valence-electron chi connectivity index (χ3n) is 5.46. The number of likely N-dealkylation sites (tertiary alicyclic amines) is 1. The summed E-state index contributed by atoms with van der Waals surface area (Å²) < 4.78 is 39.8. The number of para-hydroxylation sites is 1. The summed E-state index contributed by atoms with van der Waals surface area (Å²) in [5.74, 6) is -1.66. The third-order valence-corrected chi connectivity index (χ3v) is 5.46. The summed E-state index contributed by atoms with van der Waals surface area (Å²) in [5, 5.41) is 24.4. The Morgan fingerprint density at radius 2 is 1.94 bits per heavy atom. The second-order valence-corrected chi connectivity index (χ2v) is 8.60. The van der Waals surface area contributed by atoms with Gasteiger partial charge < -0.3 is 14.9 Å². The molecular formula is C21H27F3N4O4. The molecule has 32 heavy (non-hydrogen) atoms. The number of nitrogens with zero attached hydrogens (tertiary/aromatic N) is 4. The van der Waals surface area contributed by atoms with Crippen molar-refractivity contribution in [3.05, 3.63) is 41.2 Å². The summed E-state index contributed by atoms with van der Waals surface area (Å²) >= 11 is 0. The first-order valence-electron chi connectivity index (χ1n) is 10.3. The van der Waals surface area contributed by atoms with Gasteiger partial charge in [-0.1, -0.05) is 23.4 Å². The number of alkyl halides is 3. The molecule has 0 aliphatic carbocycles. The number of ether oxygens (including phenoxy) is 1. The number of hydrogen-bond acceptors (Lipinski definition) is 6. The van der Waals surface area contributed by atoms with Crippen LogP contribution in [0.15, 0.2) is 24.4 Å². The lowest BCUT2D eigenvalue weighted by molar-refractivity contribution is -0.192. The van der Waals surface area contributed by atoms with E-state index in [0.717, 1.165) is 44.6 Å². The van der Waals surface area contributed by atoms with Crippen LogP contribution in [-0.2, 0) is 24.4 Å². The van der Waals surface area contributed by atoms with E-state index in [1.54, 1.807) is 0 Å². The maximum absolute atomic E-state index is 10.6. The molecule has 0 amide bonds. The zero-order chi connectivity index (χ0) is 23.5. The largest absolute Gasteiger partial charge is 0.490 e. The summed E-state index contributed by atoms with van der Waals surface area (Å²) in [6, 6.07) is 6.90. The summed E-state index contributed by atoms with van der Waals surface area (Å²) in [7, 11) is 0. The number of hydrogen-bond donors (Lipinski definition) is 2. The lowest BCUT2D eigenvalue weighted by Gasteiger charge is -2.32. The first-order chi connectivity index (χ1) is 15.0. The van der Waals surface area contributed by atoms with E-state index >= 15 is 0 Å². The van der Waals surface area contributed by atoms with Crippen molar-refractivity contribution in [1.82, 2.24) is 19.9 Å². The molecule has 1 aromatic carbocycles. The first-order valence-corrected chi connectivity index (χ1v) is 10.3. The van der Waals surface area contributed by atoms with Crippen molar-refractivity contribution in [3.8, 4) is 5.75 Å². The van der Waals surface area contributed by atoms with Gasteiger partial charge in [-0.2, -0.15) is 13.2 Å². The van der Waals surface area contributed by atoms with Crippen LogP contribution >= 0.6 is 0 Å². The first kappa shape index (κ1) is 24.0. The third kappa shape index (κ3) is 5.98. The van der Waals surface area contributed by atoms with Crippen molar-refractivity contribution in [2.75, 3.05) is 13.1 Å². The van der Waals surface area contributed by atoms with Crippen LogP contribution in [0.25, 0.3) is 0 Å². The standard InChI is InChI=1S/C19H26N4O2.C2HF3O2/c1-19(2)10-14-4-3-5-15(18(14)25-19)11-22-8-6-17(7-9-22)23-12-16(13-24)20-21-23;3-2(4,5)1(6)7/h3-5,12,17,24H,6-11,13H2,1-2H3;(H,6,7). The fourth-order valence-corrected chi connectivity index (χ4v) is 3.95. The number of rotatable bonds is 4. The van der Waals surface area contributed by atoms with Gasteiger partial charge in [-0.15, -0.1) is 5.10 Å². The van der Waals surface area contributed by atoms with Crippen LogP contribution in [0.4, 0.5) is 13.2 Å². The van der Waals surface area contributed by atoms with Crippen molar-refractivity contribution in [2.24, 2.45) is 0 Å². The average Bonchev–Trinajstić information content (AvgIpc) is 3.32. The van der Waals surface area contributed by atoms with E-state index in [0.29, 0.717) is 11.7 Å². The summed E-state index contributed by atoms with van der Waals surface area (Å²) in [6.07, 6.45) is -0.136. The minimum absolute atomic E-state index is 0.0473. The van der Waals surface area contributed by atoms with Crippen molar-refractivity contribution >= 4 is 5.97 Å². The lowest BCUT2D eigenvalue weighted by Crippen LogP contribution is -2.34. The number of fused-ring (bicyclic) bond motifs is 1. The number of carboxylic acids is 1. The van der Waals surface area contributed by atoms with Crippen molar-refractivity contribution in [3.63, 3.8) is 0 Å². The van der Waals surface area contributed by atoms with E-state index in [4.69, 9.17) is 19.7 Å². The van der Waals surface area contributed by atoms with Gasteiger partial charge in [0.25, 0.3) is 0 Å². The number of aromatic nitrogens is 3. The normalized spacial score (nSPS) is 18.4. The monoisotopic (exact) mass is 456 g/mol. The number of carboxylic acid groups (broad SMARTS) is 1. The molecule has 2 aliphatic heterocycles. The predicted molar refractivity (Wildman–Crippen MR) is 108 cm³/mol. The van der Waals surface area contributed by atoms with E-state index in [1.807, 2.05) is 10.9 Å². The SMILES string of the molecule is CC1(C)Cc2cccc(CN3CCC(n4cc(CO)nn4)CC3)c2O1.O=C(O)C(F)(F)F. The summed E-state index contributed by atoms with van der Waals surface area (Å²) in [5.41, 5.74) is 3.17. The van der Waals surface area contributed by atoms with Gasteiger partial charge in [-0.3, -0.25) is 4.90 Å². The molecule has 176 valence electrons. The van der Waals surface area contributed by atoms with E-state index in [2.05, 4.69) is 47.3 Å². The molecule has 8 nitrogen and oxygen atoms in total. The van der Waals surface area contributed by atoms with Crippen LogP contribution in [0.5, 0.6) is 5.75 Å². The minimum atomic E-state index is -5.08. The Balaban J connectivity index is 0.000000360. The molecule has 1 saturated heterocycles. The molecule has 4 rings (SSSR count). The Hall–Kier alpha value is -2.66. The van der Waals surface area contributed by atoms with Crippen molar-refractivity contribution in [2.45, 2.75) is 64.1 Å². The van der Waals surface area contributed by atoms with E-state index in [9.17, 15) is 13.2 Å². The molecule has 0 saturated carbocycles. The van der Waals surface area contributed by atoms with Gasteiger partial charge in [0.1, 0.15) is 17.0 Å². The fraction of sp³-hybridized carbons (Fsp3) is 0.571. The number of aliphatic carboxylic acids is 1. The second kappa shape index (κ2) is 9.45. The van der Waals surface area contributed by atoms with E-state index in [1.165, 1.54) is 11.1 Å². The summed E-state index contributed by atoms with van der Waals surface area (Å²) in [6.45, 7) is 7.26. The van der Waals surface area contributed by atoms with Crippen LogP contribution < -0.4 is 4.74 Å². The van der Waals surface area contributed by atoms with Crippen LogP contribution in [-0.4, -0.2) is 60.9 Å². The minimum Gasteiger partial charge on any atom is -0.487 e. The van der Waals surface area contributed by atoms with Gasteiger partial charge in [0, 0.05) is 31.6 Å². The molecule has 0 spiro atoms. The molecule has 1 aromatic heterocycles. The van der Waals surface area contributed by atoms with Crippen LogP contribution in [0, 0.1) is 0 Å². The lowest BCUT2D eigenvalue weighted by atomic mass is 10.00. The molecule has 1 fully saturated rings. The molecule has 11 heteroatoms. The molecule has 2 N–H and O–H groups in total. The number of aliphatic hydroxyl groups excluding tert-OH is 1. The average molecular weight is 456 g/mol. The molecule has 0 unspecified atom stereocenters. The number of aliphatic hydroxyl groups is 1. The van der Waals surface area contributed by atoms with Crippen molar-refractivity contribution < 1.29 is 32.9 Å². The van der Waals surface area contributed by atoms with Crippen LogP contribution in [0.2, 0.25) is 0 Å². The van der Waals surface area contributed by atoms with Gasteiger partial charge in [-0.25, -0.2) is 9.48 Å². The Morgan fingerprint density at radius 3 is 2.50 bits per heavy atom. The highest BCUT2D eigenvalue weighted by Gasteiger charge is 2.38. The summed E-state index contributed by atoms with van der Waals surface area (Å²) in [4.78, 5) is 11.4. The number of benzene rings is 1. The molecule has 2 aliphatic rings. The number of piperidine rings is 1. The van der Waals surface area contributed by atoms with Gasteiger partial charge in [0.2, 0.25) is 0 Å². The maximum atomic E-state index is 10.6. The Labute approximate surface area is 183 Å². The van der Waals surface area contributed by atoms with Crippen LogP contribution in [0.3, 0.4) is 0 Å². The highest BCUT2D eigenvalue weighted by molar-refractivity contribution is 5.73. The quantitative estimate of drug-likeness (QED) is 0.730. The van der Waals surface area contributed by atoms with E-state index < -0.39 is 12.1 Å². The van der Waals surface area contributed by atoms with Gasteiger partial charge in [0.05, 0.1) is 18.8 Å². The Morgan fingerprint density at radius 1 is 1.28 bits per heavy atom. The molecule has 0 bridgehead atoms. The smallest absolute Gasteiger partial charge is 0.487 e. The van der Waals surface area contributed by atoms with Gasteiger partial charge in [0.15, 0.2) is 0 Å². The number of carbonyl (C=O) groups is 1. The molecular weight excluding hydrogens is 429 g/mol. The van der Waals surface area contributed by atoms with Gasteiger partial charge in [-0.05, 0) is 32.3 Å². The molecule has 3 heterocycles. The zero-order valence-electron chi connectivity index (χ0n) is 18.0. The molecule has 0 atom stereocenters. The zero-order valence-corrected chi connectivity index (χ0v) is 18.0. The topological polar surface area (TPSA) is 101 Å². The molecule has 2 aromatic rings. The fourth-order valence-electron chi connectivity index (χ4n) is 3.95. The highest BCUT2D eigenvalue weighted by Crippen LogP contribution is 2.38. The predicted octanol–water partition coefficient (Wildman–Crippen LogP) is 2.95. The Kier molecular flexibility index (Phi) is 7.09. The Bertz CT molecular complexity index is 937. The number of halogens is 3.